The molecule has 0 saturated heterocycles. The Morgan fingerprint density at radius 2 is 2.31 bits per heavy atom. The molecule has 1 nitrogen and oxygen atoms in total. The highest BCUT2D eigenvalue weighted by Crippen LogP contribution is 2.30. The Kier molecular flexibility index (Phi) is 2.38. The van der Waals surface area contributed by atoms with E-state index in [1.165, 1.54) is 8.27 Å². The lowest BCUT2D eigenvalue weighted by Crippen LogP contribution is -1.88. The molecule has 0 atom stereocenters. The largest absolute Gasteiger partial charge is 0.298 e. The number of hydrogen-bond donors (Lipinski definition) is 0. The molecule has 0 bridgehead atoms. The van der Waals surface area contributed by atoms with Crippen LogP contribution in [-0.2, 0) is 0 Å². The highest BCUT2D eigenvalue weighted by molar-refractivity contribution is 14.1. The zero-order valence-electron chi connectivity index (χ0n) is 7.00. The van der Waals surface area contributed by atoms with E-state index in [1.54, 1.807) is 11.3 Å². The number of halogens is 1. The van der Waals surface area contributed by atoms with Crippen molar-refractivity contribution in [1.29, 1.82) is 0 Å². The van der Waals surface area contributed by atoms with Gasteiger partial charge in [-0.3, -0.25) is 4.79 Å². The molecular weight excluding hydrogens is 295 g/mol. The first kappa shape index (κ1) is 9.15. The Morgan fingerprint density at radius 3 is 3.00 bits per heavy atom. The van der Waals surface area contributed by atoms with Crippen LogP contribution in [0.1, 0.15) is 15.9 Å². The van der Waals surface area contributed by atoms with Gasteiger partial charge < -0.3 is 0 Å². The van der Waals surface area contributed by atoms with Crippen molar-refractivity contribution in [1.82, 2.24) is 0 Å². The van der Waals surface area contributed by atoms with Crippen LogP contribution >= 0.6 is 33.9 Å². The maximum atomic E-state index is 10.9. The topological polar surface area (TPSA) is 17.1 Å². The van der Waals surface area contributed by atoms with Gasteiger partial charge in [-0.15, -0.1) is 11.3 Å². The van der Waals surface area contributed by atoms with E-state index >= 15 is 0 Å². The average molecular weight is 302 g/mol. The van der Waals surface area contributed by atoms with E-state index in [0.717, 1.165) is 22.8 Å². The predicted molar refractivity (Wildman–Crippen MR) is 64.7 cm³/mol. The van der Waals surface area contributed by atoms with E-state index in [2.05, 4.69) is 28.7 Å². The zero-order chi connectivity index (χ0) is 9.42. The summed E-state index contributed by atoms with van der Waals surface area (Å²) < 4.78 is 2.44. The Bertz CT molecular complexity index is 473. The van der Waals surface area contributed by atoms with Crippen LogP contribution in [0, 0.1) is 10.5 Å². The van der Waals surface area contributed by atoms with Crippen molar-refractivity contribution in [3.05, 3.63) is 32.2 Å². The molecule has 0 spiro atoms. The van der Waals surface area contributed by atoms with Crippen LogP contribution in [0.5, 0.6) is 0 Å². The SMILES string of the molecule is Cc1cc(I)c2sccc2c1C=O. The first-order chi connectivity index (χ1) is 6.24. The van der Waals surface area contributed by atoms with Crippen LogP contribution in [0.15, 0.2) is 17.5 Å². The van der Waals surface area contributed by atoms with Crippen LogP contribution in [0.2, 0.25) is 0 Å². The van der Waals surface area contributed by atoms with Gasteiger partial charge in [-0.2, -0.15) is 0 Å². The van der Waals surface area contributed by atoms with Gasteiger partial charge >= 0.3 is 0 Å². The molecule has 66 valence electrons. The first-order valence-corrected chi connectivity index (χ1v) is 5.81. The van der Waals surface area contributed by atoms with Crippen molar-refractivity contribution in [2.75, 3.05) is 0 Å². The molecule has 1 aromatic carbocycles. The van der Waals surface area contributed by atoms with Gasteiger partial charge in [0, 0.05) is 19.2 Å². The summed E-state index contributed by atoms with van der Waals surface area (Å²) in [4.78, 5) is 10.9. The Hall–Kier alpha value is -0.420. The zero-order valence-corrected chi connectivity index (χ0v) is 9.98. The summed E-state index contributed by atoms with van der Waals surface area (Å²) >= 11 is 3.99. The summed E-state index contributed by atoms with van der Waals surface area (Å²) in [6, 6.07) is 4.07. The van der Waals surface area contributed by atoms with Gasteiger partial charge in [0.05, 0.1) is 0 Å². The number of aldehydes is 1. The van der Waals surface area contributed by atoms with Gasteiger partial charge in [-0.05, 0) is 52.6 Å². The van der Waals surface area contributed by atoms with Crippen molar-refractivity contribution >= 4 is 50.3 Å². The fourth-order valence-electron chi connectivity index (χ4n) is 1.41. The van der Waals surface area contributed by atoms with Gasteiger partial charge in [-0.1, -0.05) is 0 Å². The molecule has 2 aromatic rings. The maximum Gasteiger partial charge on any atom is 0.150 e. The molecule has 13 heavy (non-hydrogen) atoms. The number of fused-ring (bicyclic) bond motifs is 1. The monoisotopic (exact) mass is 302 g/mol. The lowest BCUT2D eigenvalue weighted by atomic mass is 10.1. The van der Waals surface area contributed by atoms with Crippen molar-refractivity contribution in [2.24, 2.45) is 0 Å². The van der Waals surface area contributed by atoms with Crippen molar-refractivity contribution in [2.45, 2.75) is 6.92 Å². The summed E-state index contributed by atoms with van der Waals surface area (Å²) in [5, 5.41) is 3.11. The standard InChI is InChI=1S/C10H7IOS/c1-6-4-9(11)10-7(2-3-13-10)8(6)5-12/h2-5H,1H3. The summed E-state index contributed by atoms with van der Waals surface area (Å²) in [5.74, 6) is 0. The summed E-state index contributed by atoms with van der Waals surface area (Å²) in [6.07, 6.45) is 0.945. The first-order valence-electron chi connectivity index (χ1n) is 3.85. The summed E-state index contributed by atoms with van der Waals surface area (Å²) in [5.41, 5.74) is 1.89. The molecule has 1 heterocycles. The number of benzene rings is 1. The molecule has 0 saturated carbocycles. The van der Waals surface area contributed by atoms with Crippen molar-refractivity contribution in [3.63, 3.8) is 0 Å². The molecular formula is C10H7IOS. The number of thiophene rings is 1. The van der Waals surface area contributed by atoms with E-state index in [4.69, 9.17) is 0 Å². The van der Waals surface area contributed by atoms with E-state index in [9.17, 15) is 4.79 Å². The molecule has 0 fully saturated rings. The molecule has 0 radical (unpaired) electrons. The quantitative estimate of drug-likeness (QED) is 0.581. The van der Waals surface area contributed by atoms with E-state index < -0.39 is 0 Å². The normalized spacial score (nSPS) is 10.6. The van der Waals surface area contributed by atoms with Gasteiger partial charge in [0.1, 0.15) is 0 Å². The second-order valence-corrected chi connectivity index (χ2v) is 4.95. The number of aryl methyl sites for hydroxylation is 1. The van der Waals surface area contributed by atoms with Crippen LogP contribution in [0.25, 0.3) is 10.1 Å². The molecule has 0 aliphatic rings. The van der Waals surface area contributed by atoms with Crippen LogP contribution < -0.4 is 0 Å². The van der Waals surface area contributed by atoms with Gasteiger partial charge in [0.2, 0.25) is 0 Å². The number of hydrogen-bond acceptors (Lipinski definition) is 2. The molecule has 0 amide bonds. The average Bonchev–Trinajstić information content (AvgIpc) is 2.53. The number of carbonyl (C=O) groups excluding carboxylic acids is 1. The number of rotatable bonds is 1. The Morgan fingerprint density at radius 1 is 1.54 bits per heavy atom. The molecule has 0 N–H and O–H groups in total. The minimum Gasteiger partial charge on any atom is -0.298 e. The lowest BCUT2D eigenvalue weighted by molar-refractivity contribution is 0.112. The van der Waals surface area contributed by atoms with Crippen LogP contribution in [-0.4, -0.2) is 6.29 Å². The summed E-state index contributed by atoms with van der Waals surface area (Å²) in [7, 11) is 0. The van der Waals surface area contributed by atoms with Crippen molar-refractivity contribution < 1.29 is 4.79 Å². The molecule has 2 rings (SSSR count). The van der Waals surface area contributed by atoms with Crippen molar-refractivity contribution in [3.8, 4) is 0 Å². The molecule has 3 heteroatoms. The maximum absolute atomic E-state index is 10.9. The number of carbonyl (C=O) groups is 1. The smallest absolute Gasteiger partial charge is 0.150 e. The molecule has 1 aromatic heterocycles. The third-order valence-electron chi connectivity index (χ3n) is 2.06. The third kappa shape index (κ3) is 1.40. The fraction of sp³-hybridized carbons (Fsp3) is 0.100. The lowest BCUT2D eigenvalue weighted by Gasteiger charge is -2.01. The fourth-order valence-corrected chi connectivity index (χ4v) is 3.36. The molecule has 0 unspecified atom stereocenters. The van der Waals surface area contributed by atoms with Crippen LogP contribution in [0.3, 0.4) is 0 Å². The molecule has 0 aliphatic carbocycles. The van der Waals surface area contributed by atoms with E-state index in [0.29, 0.717) is 0 Å². The van der Waals surface area contributed by atoms with Crippen LogP contribution in [0.4, 0.5) is 0 Å². The minimum absolute atomic E-state index is 0.830. The van der Waals surface area contributed by atoms with Gasteiger partial charge in [0.15, 0.2) is 6.29 Å². The van der Waals surface area contributed by atoms with Gasteiger partial charge in [0.25, 0.3) is 0 Å². The van der Waals surface area contributed by atoms with E-state index in [1.807, 2.05) is 18.4 Å². The minimum atomic E-state index is 0.830. The Labute approximate surface area is 93.9 Å². The summed E-state index contributed by atoms with van der Waals surface area (Å²) in [6.45, 7) is 1.98. The molecule has 0 aliphatic heterocycles. The third-order valence-corrected chi connectivity index (χ3v) is 4.22. The van der Waals surface area contributed by atoms with E-state index in [-0.39, 0.29) is 0 Å². The van der Waals surface area contributed by atoms with Gasteiger partial charge in [-0.25, -0.2) is 0 Å². The second kappa shape index (κ2) is 3.38. The highest BCUT2D eigenvalue weighted by atomic mass is 127. The highest BCUT2D eigenvalue weighted by Gasteiger charge is 2.07. The Balaban J connectivity index is 2.96. The second-order valence-electron chi connectivity index (χ2n) is 2.87. The predicted octanol–water partition coefficient (Wildman–Crippen LogP) is 3.63.